The van der Waals surface area contributed by atoms with Gasteiger partial charge in [-0.05, 0) is 13.3 Å². The molecular weight excluding hydrogens is 282 g/mol. The molecule has 1 atom stereocenters. The molecule has 1 aromatic rings. The Hall–Kier alpha value is -1.73. The molecule has 1 fully saturated rings. The van der Waals surface area contributed by atoms with Crippen molar-refractivity contribution < 1.29 is 9.53 Å². The summed E-state index contributed by atoms with van der Waals surface area (Å²) in [6, 6.07) is 1.83. The van der Waals surface area contributed by atoms with Gasteiger partial charge in [0, 0.05) is 38.3 Å². The van der Waals surface area contributed by atoms with Gasteiger partial charge < -0.3 is 15.4 Å². The summed E-state index contributed by atoms with van der Waals surface area (Å²) in [4.78, 5) is 22.6. The number of nitrogens with zero attached hydrogens (tertiary/aromatic N) is 3. The highest BCUT2D eigenvalue weighted by Crippen LogP contribution is 2.05. The zero-order valence-corrected chi connectivity index (χ0v) is 13.3. The lowest BCUT2D eigenvalue weighted by molar-refractivity contribution is 0.0398. The van der Waals surface area contributed by atoms with Gasteiger partial charge >= 0.3 is 0 Å². The van der Waals surface area contributed by atoms with Gasteiger partial charge in [0.1, 0.15) is 17.8 Å². The topological polar surface area (TPSA) is 79.4 Å². The molecule has 0 saturated carbocycles. The number of hydrogen-bond acceptors (Lipinski definition) is 6. The van der Waals surface area contributed by atoms with Crippen LogP contribution < -0.4 is 10.6 Å². The van der Waals surface area contributed by atoms with Crippen molar-refractivity contribution in [3.05, 3.63) is 18.1 Å². The van der Waals surface area contributed by atoms with E-state index in [2.05, 4.69) is 25.5 Å². The number of carbonyl (C=O) groups is 1. The van der Waals surface area contributed by atoms with Crippen molar-refractivity contribution in [2.75, 3.05) is 44.7 Å². The summed E-state index contributed by atoms with van der Waals surface area (Å²) < 4.78 is 5.32. The van der Waals surface area contributed by atoms with E-state index in [1.807, 2.05) is 13.8 Å². The van der Waals surface area contributed by atoms with Crippen LogP contribution in [0.25, 0.3) is 0 Å². The third-order valence-electron chi connectivity index (χ3n) is 3.73. The number of aromatic nitrogens is 2. The first-order valence-corrected chi connectivity index (χ1v) is 7.86. The minimum Gasteiger partial charge on any atom is -0.379 e. The highest BCUT2D eigenvalue weighted by Gasteiger charge is 2.12. The monoisotopic (exact) mass is 307 g/mol. The van der Waals surface area contributed by atoms with E-state index in [-0.39, 0.29) is 11.9 Å². The van der Waals surface area contributed by atoms with Gasteiger partial charge in [0.2, 0.25) is 0 Å². The Balaban J connectivity index is 1.81. The molecule has 2 N–H and O–H groups in total. The zero-order chi connectivity index (χ0) is 15.8. The van der Waals surface area contributed by atoms with Gasteiger partial charge in [-0.25, -0.2) is 9.97 Å². The number of morpholine rings is 1. The first-order valence-electron chi connectivity index (χ1n) is 7.86. The molecule has 1 unspecified atom stereocenters. The standard InChI is InChI=1S/C15H25N5O2/c1-3-12(2)19-15(21)13-10-14(18-11-17-13)16-4-5-20-6-8-22-9-7-20/h10-12H,3-9H2,1-2H3,(H,19,21)(H,16,17,18). The molecule has 7 nitrogen and oxygen atoms in total. The minimum absolute atomic E-state index is 0.139. The zero-order valence-electron chi connectivity index (χ0n) is 13.3. The molecule has 2 rings (SSSR count). The maximum absolute atomic E-state index is 12.0. The number of carbonyl (C=O) groups excluding carboxylic acids is 1. The van der Waals surface area contributed by atoms with Crippen molar-refractivity contribution in [3.63, 3.8) is 0 Å². The van der Waals surface area contributed by atoms with Crippen LogP contribution in [0.4, 0.5) is 5.82 Å². The van der Waals surface area contributed by atoms with Crippen LogP contribution in [0.2, 0.25) is 0 Å². The van der Waals surface area contributed by atoms with Gasteiger partial charge in [-0.1, -0.05) is 6.92 Å². The van der Waals surface area contributed by atoms with Crippen LogP contribution in [-0.2, 0) is 4.74 Å². The van der Waals surface area contributed by atoms with Gasteiger partial charge in [0.25, 0.3) is 5.91 Å². The average Bonchev–Trinajstić information content (AvgIpc) is 2.56. The Morgan fingerprint density at radius 2 is 2.18 bits per heavy atom. The number of ether oxygens (including phenoxy) is 1. The summed E-state index contributed by atoms with van der Waals surface area (Å²) in [5.41, 5.74) is 0.393. The molecular formula is C15H25N5O2. The third kappa shape index (κ3) is 5.23. The fourth-order valence-electron chi connectivity index (χ4n) is 2.14. The molecule has 0 aliphatic carbocycles. The normalized spacial score (nSPS) is 17.0. The second kappa shape index (κ2) is 8.65. The second-order valence-electron chi connectivity index (χ2n) is 5.45. The quantitative estimate of drug-likeness (QED) is 0.774. The molecule has 122 valence electrons. The van der Waals surface area contributed by atoms with E-state index in [0.717, 1.165) is 45.8 Å². The highest BCUT2D eigenvalue weighted by molar-refractivity contribution is 5.93. The van der Waals surface area contributed by atoms with Gasteiger partial charge in [0.05, 0.1) is 13.2 Å². The van der Waals surface area contributed by atoms with Gasteiger partial charge in [-0.2, -0.15) is 0 Å². The first-order chi connectivity index (χ1) is 10.7. The summed E-state index contributed by atoms with van der Waals surface area (Å²) in [6.45, 7) is 9.25. The molecule has 1 aliphatic heterocycles. The van der Waals surface area contributed by atoms with Gasteiger partial charge in [0.15, 0.2) is 0 Å². The Labute approximate surface area is 131 Å². The lowest BCUT2D eigenvalue weighted by Gasteiger charge is -2.26. The number of amides is 1. The Kier molecular flexibility index (Phi) is 6.54. The van der Waals surface area contributed by atoms with E-state index in [1.54, 1.807) is 6.07 Å². The molecule has 1 saturated heterocycles. The predicted molar refractivity (Wildman–Crippen MR) is 85.0 cm³/mol. The van der Waals surface area contributed by atoms with Crippen molar-refractivity contribution in [2.45, 2.75) is 26.3 Å². The largest absolute Gasteiger partial charge is 0.379 e. The summed E-state index contributed by atoms with van der Waals surface area (Å²) >= 11 is 0. The molecule has 0 bridgehead atoms. The summed E-state index contributed by atoms with van der Waals surface area (Å²) in [5.74, 6) is 0.519. The smallest absolute Gasteiger partial charge is 0.270 e. The Morgan fingerprint density at radius 3 is 2.91 bits per heavy atom. The number of rotatable bonds is 7. The molecule has 0 spiro atoms. The van der Waals surface area contributed by atoms with E-state index in [9.17, 15) is 4.79 Å². The predicted octanol–water partition coefficient (Wildman–Crippen LogP) is 0.749. The van der Waals surface area contributed by atoms with Gasteiger partial charge in [-0.15, -0.1) is 0 Å². The van der Waals surface area contributed by atoms with E-state index >= 15 is 0 Å². The van der Waals surface area contributed by atoms with Crippen LogP contribution in [0.5, 0.6) is 0 Å². The molecule has 1 aromatic heterocycles. The van der Waals surface area contributed by atoms with Crippen LogP contribution >= 0.6 is 0 Å². The maximum Gasteiger partial charge on any atom is 0.270 e. The van der Waals surface area contributed by atoms with Crippen LogP contribution in [-0.4, -0.2) is 66.2 Å². The van der Waals surface area contributed by atoms with Crippen LogP contribution in [0.3, 0.4) is 0 Å². The number of anilines is 1. The van der Waals surface area contributed by atoms with Crippen molar-refractivity contribution in [1.29, 1.82) is 0 Å². The van der Waals surface area contributed by atoms with E-state index < -0.39 is 0 Å². The van der Waals surface area contributed by atoms with Crippen molar-refractivity contribution in [3.8, 4) is 0 Å². The van der Waals surface area contributed by atoms with E-state index in [4.69, 9.17) is 4.74 Å². The maximum atomic E-state index is 12.0. The number of nitrogens with one attached hydrogen (secondary N) is 2. The SMILES string of the molecule is CCC(C)NC(=O)c1cc(NCCN2CCOCC2)ncn1. The van der Waals surface area contributed by atoms with Crippen molar-refractivity contribution in [2.24, 2.45) is 0 Å². The lowest BCUT2D eigenvalue weighted by Crippen LogP contribution is -2.39. The van der Waals surface area contributed by atoms with E-state index in [0.29, 0.717) is 11.5 Å². The Morgan fingerprint density at radius 1 is 1.41 bits per heavy atom. The van der Waals surface area contributed by atoms with Gasteiger partial charge in [-0.3, -0.25) is 9.69 Å². The molecule has 0 radical (unpaired) electrons. The average molecular weight is 307 g/mol. The molecule has 1 amide bonds. The second-order valence-corrected chi connectivity index (χ2v) is 5.45. The number of hydrogen-bond donors (Lipinski definition) is 2. The van der Waals surface area contributed by atoms with Crippen molar-refractivity contribution >= 4 is 11.7 Å². The lowest BCUT2D eigenvalue weighted by atomic mass is 10.2. The fourth-order valence-corrected chi connectivity index (χ4v) is 2.14. The summed E-state index contributed by atoms with van der Waals surface area (Å²) in [6.07, 6.45) is 2.31. The van der Waals surface area contributed by atoms with Crippen molar-refractivity contribution in [1.82, 2.24) is 20.2 Å². The minimum atomic E-state index is -0.159. The van der Waals surface area contributed by atoms with Crippen LogP contribution in [0.1, 0.15) is 30.8 Å². The van der Waals surface area contributed by atoms with Crippen LogP contribution in [0, 0.1) is 0 Å². The highest BCUT2D eigenvalue weighted by atomic mass is 16.5. The van der Waals surface area contributed by atoms with Crippen LogP contribution in [0.15, 0.2) is 12.4 Å². The third-order valence-corrected chi connectivity index (χ3v) is 3.73. The fraction of sp³-hybridized carbons (Fsp3) is 0.667. The summed E-state index contributed by atoms with van der Waals surface area (Å²) in [7, 11) is 0. The molecule has 22 heavy (non-hydrogen) atoms. The van der Waals surface area contributed by atoms with E-state index in [1.165, 1.54) is 6.33 Å². The molecule has 0 aromatic carbocycles. The molecule has 7 heteroatoms. The summed E-state index contributed by atoms with van der Waals surface area (Å²) in [5, 5.41) is 6.14. The molecule has 2 heterocycles. The first kappa shape index (κ1) is 16.6. The molecule has 1 aliphatic rings. The Bertz CT molecular complexity index is 477.